The lowest BCUT2D eigenvalue weighted by Gasteiger charge is -2.35. The number of aryl methyl sites for hydroxylation is 2. The molecule has 0 spiro atoms. The molecule has 3 aromatic rings. The molecule has 7 heteroatoms. The summed E-state index contributed by atoms with van der Waals surface area (Å²) in [5.41, 5.74) is 2.22. The Labute approximate surface area is 186 Å². The van der Waals surface area contributed by atoms with Crippen molar-refractivity contribution in [3.63, 3.8) is 0 Å². The zero-order chi connectivity index (χ0) is 21.8. The van der Waals surface area contributed by atoms with Gasteiger partial charge in [0.05, 0.1) is 23.2 Å². The smallest absolute Gasteiger partial charge is 0.237 e. The van der Waals surface area contributed by atoms with Gasteiger partial charge in [0.25, 0.3) is 0 Å². The number of nitrogens with zero attached hydrogens (tertiary/aromatic N) is 2. The van der Waals surface area contributed by atoms with Gasteiger partial charge in [-0.25, -0.2) is 4.98 Å². The lowest BCUT2D eigenvalue weighted by Crippen LogP contribution is -2.56. The summed E-state index contributed by atoms with van der Waals surface area (Å²) in [5.74, 6) is -0.178. The number of piperazine rings is 1. The van der Waals surface area contributed by atoms with Crippen LogP contribution < -0.4 is 10.6 Å². The maximum Gasteiger partial charge on any atom is 0.237 e. The van der Waals surface area contributed by atoms with Crippen molar-refractivity contribution in [3.05, 3.63) is 63.6 Å². The number of thiazole rings is 1. The number of nitrogens with one attached hydrogen (secondary N) is 2. The van der Waals surface area contributed by atoms with Gasteiger partial charge in [-0.1, -0.05) is 42.5 Å². The van der Waals surface area contributed by atoms with Crippen LogP contribution in [0.4, 0.5) is 0 Å². The molecular weight excluding hydrogens is 408 g/mol. The first-order valence-electron chi connectivity index (χ1n) is 10.7. The molecule has 2 heterocycles. The van der Waals surface area contributed by atoms with E-state index in [-0.39, 0.29) is 18.2 Å². The SMILES string of the molecule is Cc1nc(CCNC(=O)CC2C(=O)NCCN2Cc2cccc3ccccc23)sc1C. The van der Waals surface area contributed by atoms with Crippen LogP contribution in [0, 0.1) is 13.8 Å². The Morgan fingerprint density at radius 3 is 2.84 bits per heavy atom. The Bertz CT molecular complexity index is 1070. The monoisotopic (exact) mass is 436 g/mol. The number of carbonyl (C=O) groups is 2. The van der Waals surface area contributed by atoms with Crippen LogP contribution in [0.25, 0.3) is 10.8 Å². The fourth-order valence-electron chi connectivity index (χ4n) is 4.03. The number of amides is 2. The van der Waals surface area contributed by atoms with Crippen molar-refractivity contribution < 1.29 is 9.59 Å². The minimum Gasteiger partial charge on any atom is -0.356 e. The topological polar surface area (TPSA) is 74.3 Å². The lowest BCUT2D eigenvalue weighted by atomic mass is 10.0. The predicted octanol–water partition coefficient (Wildman–Crippen LogP) is 2.96. The largest absolute Gasteiger partial charge is 0.356 e. The number of rotatable bonds is 7. The average Bonchev–Trinajstić information content (AvgIpc) is 3.08. The predicted molar refractivity (Wildman–Crippen MR) is 124 cm³/mol. The molecule has 1 atom stereocenters. The standard InChI is InChI=1S/C24H28N4O2S/c1-16-17(2)31-23(27-16)10-11-25-22(29)14-21-24(30)26-12-13-28(21)15-19-8-5-7-18-6-3-4-9-20(18)19/h3-9,21H,10-15H2,1-2H3,(H,25,29)(H,26,30). The Kier molecular flexibility index (Phi) is 6.63. The molecule has 0 aliphatic carbocycles. The summed E-state index contributed by atoms with van der Waals surface area (Å²) in [6.07, 6.45) is 0.869. The molecule has 31 heavy (non-hydrogen) atoms. The molecule has 6 nitrogen and oxygen atoms in total. The molecule has 1 unspecified atom stereocenters. The van der Waals surface area contributed by atoms with E-state index in [1.807, 2.05) is 25.1 Å². The van der Waals surface area contributed by atoms with Crippen molar-refractivity contribution in [2.75, 3.05) is 19.6 Å². The fourth-order valence-corrected chi connectivity index (χ4v) is 4.96. The number of carbonyl (C=O) groups excluding carboxylic acids is 2. The molecule has 2 amide bonds. The van der Waals surface area contributed by atoms with E-state index in [1.165, 1.54) is 21.2 Å². The van der Waals surface area contributed by atoms with Crippen LogP contribution in [-0.2, 0) is 22.6 Å². The van der Waals surface area contributed by atoms with Gasteiger partial charge in [0.15, 0.2) is 0 Å². The van der Waals surface area contributed by atoms with Crippen molar-refractivity contribution in [2.24, 2.45) is 0 Å². The molecule has 1 aliphatic heterocycles. The Hall–Kier alpha value is -2.77. The summed E-state index contributed by atoms with van der Waals surface area (Å²) < 4.78 is 0. The average molecular weight is 437 g/mol. The van der Waals surface area contributed by atoms with Crippen LogP contribution >= 0.6 is 11.3 Å². The Morgan fingerprint density at radius 1 is 1.23 bits per heavy atom. The number of aromatic nitrogens is 1. The van der Waals surface area contributed by atoms with Gasteiger partial charge >= 0.3 is 0 Å². The molecule has 1 saturated heterocycles. The molecule has 0 saturated carbocycles. The first-order valence-corrected chi connectivity index (χ1v) is 11.5. The van der Waals surface area contributed by atoms with E-state index >= 15 is 0 Å². The maximum atomic E-state index is 12.6. The molecule has 4 rings (SSSR count). The summed E-state index contributed by atoms with van der Waals surface area (Å²) in [5, 5.41) is 9.28. The van der Waals surface area contributed by atoms with E-state index in [2.05, 4.69) is 51.7 Å². The number of benzene rings is 2. The Balaban J connectivity index is 1.39. The van der Waals surface area contributed by atoms with E-state index in [9.17, 15) is 9.59 Å². The molecular formula is C24H28N4O2S. The van der Waals surface area contributed by atoms with Gasteiger partial charge in [-0.15, -0.1) is 11.3 Å². The van der Waals surface area contributed by atoms with Crippen LogP contribution in [0.5, 0.6) is 0 Å². The lowest BCUT2D eigenvalue weighted by molar-refractivity contribution is -0.134. The molecule has 2 aromatic carbocycles. The van der Waals surface area contributed by atoms with Crippen molar-refractivity contribution in [2.45, 2.75) is 39.3 Å². The quantitative estimate of drug-likeness (QED) is 0.597. The van der Waals surface area contributed by atoms with Crippen LogP contribution in [0.15, 0.2) is 42.5 Å². The fraction of sp³-hybridized carbons (Fsp3) is 0.375. The zero-order valence-electron chi connectivity index (χ0n) is 18.0. The highest BCUT2D eigenvalue weighted by molar-refractivity contribution is 7.11. The highest BCUT2D eigenvalue weighted by Gasteiger charge is 2.31. The molecule has 2 N–H and O–H groups in total. The molecule has 0 radical (unpaired) electrons. The summed E-state index contributed by atoms with van der Waals surface area (Å²) in [6.45, 7) is 6.56. The van der Waals surface area contributed by atoms with Gasteiger partial charge in [0, 0.05) is 37.5 Å². The van der Waals surface area contributed by atoms with Crippen LogP contribution in [0.2, 0.25) is 0 Å². The summed E-state index contributed by atoms with van der Waals surface area (Å²) in [7, 11) is 0. The van der Waals surface area contributed by atoms with E-state index in [4.69, 9.17) is 0 Å². The molecule has 0 bridgehead atoms. The Morgan fingerprint density at radius 2 is 2.03 bits per heavy atom. The number of hydrogen-bond donors (Lipinski definition) is 2. The zero-order valence-corrected chi connectivity index (χ0v) is 18.8. The molecule has 1 aromatic heterocycles. The van der Waals surface area contributed by atoms with Gasteiger partial charge < -0.3 is 10.6 Å². The van der Waals surface area contributed by atoms with Crippen molar-refractivity contribution >= 4 is 33.9 Å². The van der Waals surface area contributed by atoms with Gasteiger partial charge in [0.2, 0.25) is 11.8 Å². The van der Waals surface area contributed by atoms with E-state index in [1.54, 1.807) is 11.3 Å². The van der Waals surface area contributed by atoms with Gasteiger partial charge in [-0.3, -0.25) is 14.5 Å². The van der Waals surface area contributed by atoms with E-state index in [0.717, 1.165) is 17.2 Å². The molecule has 162 valence electrons. The minimum absolute atomic E-state index is 0.0761. The highest BCUT2D eigenvalue weighted by Crippen LogP contribution is 2.22. The van der Waals surface area contributed by atoms with E-state index < -0.39 is 6.04 Å². The third-order valence-electron chi connectivity index (χ3n) is 5.81. The summed E-state index contributed by atoms with van der Waals surface area (Å²) in [4.78, 5) is 33.0. The maximum absolute atomic E-state index is 12.6. The third-order valence-corrected chi connectivity index (χ3v) is 6.94. The molecule has 1 fully saturated rings. The second-order valence-electron chi connectivity index (χ2n) is 7.97. The second kappa shape index (κ2) is 9.58. The van der Waals surface area contributed by atoms with E-state index in [0.29, 0.717) is 26.1 Å². The summed E-state index contributed by atoms with van der Waals surface area (Å²) >= 11 is 1.67. The normalized spacial score (nSPS) is 17.0. The van der Waals surface area contributed by atoms with Gasteiger partial charge in [-0.2, -0.15) is 0 Å². The van der Waals surface area contributed by atoms with Crippen LogP contribution in [0.3, 0.4) is 0 Å². The van der Waals surface area contributed by atoms with Crippen molar-refractivity contribution in [1.82, 2.24) is 20.5 Å². The number of fused-ring (bicyclic) bond motifs is 1. The van der Waals surface area contributed by atoms with Crippen LogP contribution in [0.1, 0.15) is 27.6 Å². The third kappa shape index (κ3) is 5.11. The summed E-state index contributed by atoms with van der Waals surface area (Å²) in [6, 6.07) is 14.0. The highest BCUT2D eigenvalue weighted by atomic mass is 32.1. The second-order valence-corrected chi connectivity index (χ2v) is 9.26. The number of hydrogen-bond acceptors (Lipinski definition) is 5. The molecule has 1 aliphatic rings. The first-order chi connectivity index (χ1) is 15.0. The van der Waals surface area contributed by atoms with Crippen molar-refractivity contribution in [1.29, 1.82) is 0 Å². The van der Waals surface area contributed by atoms with Gasteiger partial charge in [-0.05, 0) is 30.2 Å². The van der Waals surface area contributed by atoms with Gasteiger partial charge in [0.1, 0.15) is 0 Å². The van der Waals surface area contributed by atoms with Crippen molar-refractivity contribution in [3.8, 4) is 0 Å². The van der Waals surface area contributed by atoms with Crippen LogP contribution in [-0.4, -0.2) is 47.4 Å². The minimum atomic E-state index is -0.461. The first kappa shape index (κ1) is 21.5.